The van der Waals surface area contributed by atoms with Crippen LogP contribution >= 0.6 is 0 Å². The topological polar surface area (TPSA) is 97.3 Å². The number of nitrogens with one attached hydrogen (secondary N) is 1. The van der Waals surface area contributed by atoms with Crippen LogP contribution < -0.4 is 5.32 Å². The molecule has 126 valence electrons. The minimum absolute atomic E-state index is 0.00174. The third-order valence-corrected chi connectivity index (χ3v) is 3.57. The van der Waals surface area contributed by atoms with Crippen LogP contribution in [0.4, 0.5) is 0 Å². The van der Waals surface area contributed by atoms with Gasteiger partial charge < -0.3 is 14.5 Å². The largest absolute Gasteiger partial charge is 0.452 e. The Morgan fingerprint density at radius 1 is 1.42 bits per heavy atom. The second kappa shape index (κ2) is 7.51. The van der Waals surface area contributed by atoms with Crippen molar-refractivity contribution in [3.8, 4) is 12.0 Å². The van der Waals surface area contributed by atoms with Gasteiger partial charge in [0.1, 0.15) is 23.0 Å². The molecule has 1 atom stereocenters. The van der Waals surface area contributed by atoms with Crippen LogP contribution in [0.2, 0.25) is 0 Å². The highest BCUT2D eigenvalue weighted by atomic mass is 16.5. The average Bonchev–Trinajstić information content (AvgIpc) is 3.19. The first-order chi connectivity index (χ1) is 11.5. The summed E-state index contributed by atoms with van der Waals surface area (Å²) in [5.74, 6) is -0.632. The van der Waals surface area contributed by atoms with Crippen molar-refractivity contribution in [1.29, 1.82) is 5.26 Å². The Hall–Kier alpha value is -3.01. The zero-order valence-electron chi connectivity index (χ0n) is 13.8. The highest BCUT2D eigenvalue weighted by Gasteiger charge is 2.26. The van der Waals surface area contributed by atoms with E-state index in [4.69, 9.17) is 9.15 Å². The van der Waals surface area contributed by atoms with Gasteiger partial charge in [0.05, 0.1) is 0 Å². The third-order valence-electron chi connectivity index (χ3n) is 3.57. The zero-order chi connectivity index (χ0) is 17.7. The van der Waals surface area contributed by atoms with E-state index in [0.29, 0.717) is 0 Å². The number of furan rings is 1. The SMILES string of the molecule is CCC(C)NC(=O)COC(=O)c1c(C)oc(-n2cccc2)c1C#N. The van der Waals surface area contributed by atoms with Crippen molar-refractivity contribution in [2.75, 3.05) is 6.61 Å². The van der Waals surface area contributed by atoms with Gasteiger partial charge in [-0.05, 0) is 32.4 Å². The summed E-state index contributed by atoms with van der Waals surface area (Å²) in [7, 11) is 0. The Morgan fingerprint density at radius 3 is 2.67 bits per heavy atom. The van der Waals surface area contributed by atoms with Crippen LogP contribution in [0.15, 0.2) is 28.9 Å². The molecule has 0 radical (unpaired) electrons. The molecule has 0 saturated carbocycles. The lowest BCUT2D eigenvalue weighted by atomic mass is 10.1. The van der Waals surface area contributed by atoms with E-state index in [-0.39, 0.29) is 34.7 Å². The summed E-state index contributed by atoms with van der Waals surface area (Å²) in [5.41, 5.74) is 0.119. The smallest absolute Gasteiger partial charge is 0.343 e. The maximum atomic E-state index is 12.3. The Morgan fingerprint density at radius 2 is 2.08 bits per heavy atom. The molecule has 0 bridgehead atoms. The van der Waals surface area contributed by atoms with Crippen molar-refractivity contribution in [2.24, 2.45) is 0 Å². The van der Waals surface area contributed by atoms with Crippen LogP contribution in [0.25, 0.3) is 5.88 Å². The molecule has 0 spiro atoms. The van der Waals surface area contributed by atoms with Crippen LogP contribution in [0, 0.1) is 18.3 Å². The number of aryl methyl sites for hydroxylation is 1. The lowest BCUT2D eigenvalue weighted by Gasteiger charge is -2.11. The minimum atomic E-state index is -0.759. The Kier molecular flexibility index (Phi) is 5.42. The number of rotatable bonds is 6. The molecule has 7 nitrogen and oxygen atoms in total. The molecule has 2 rings (SSSR count). The number of ether oxygens (including phenoxy) is 1. The Bertz CT molecular complexity index is 769. The van der Waals surface area contributed by atoms with Crippen LogP contribution in [0.5, 0.6) is 0 Å². The number of amides is 1. The number of hydrogen-bond donors (Lipinski definition) is 1. The fourth-order valence-corrected chi connectivity index (χ4v) is 2.15. The maximum absolute atomic E-state index is 12.3. The molecule has 7 heteroatoms. The monoisotopic (exact) mass is 329 g/mol. The van der Waals surface area contributed by atoms with Crippen molar-refractivity contribution < 1.29 is 18.7 Å². The van der Waals surface area contributed by atoms with E-state index in [1.54, 1.807) is 36.0 Å². The summed E-state index contributed by atoms with van der Waals surface area (Å²) in [4.78, 5) is 24.0. The van der Waals surface area contributed by atoms with Crippen molar-refractivity contribution in [3.63, 3.8) is 0 Å². The second-order valence-corrected chi connectivity index (χ2v) is 5.37. The van der Waals surface area contributed by atoms with Gasteiger partial charge in [0.25, 0.3) is 5.91 Å². The molecule has 0 aliphatic carbocycles. The summed E-state index contributed by atoms with van der Waals surface area (Å²) in [6.45, 7) is 4.96. The van der Waals surface area contributed by atoms with E-state index in [9.17, 15) is 14.9 Å². The molecule has 1 unspecified atom stereocenters. The Labute approximate surface area is 139 Å². The fraction of sp³-hybridized carbons (Fsp3) is 0.353. The van der Waals surface area contributed by atoms with Gasteiger partial charge in [-0.2, -0.15) is 5.26 Å². The van der Waals surface area contributed by atoms with Gasteiger partial charge in [-0.3, -0.25) is 9.36 Å². The van der Waals surface area contributed by atoms with Crippen molar-refractivity contribution in [1.82, 2.24) is 9.88 Å². The van der Waals surface area contributed by atoms with E-state index in [2.05, 4.69) is 5.32 Å². The molecular formula is C17H19N3O4. The molecule has 1 amide bonds. The molecule has 24 heavy (non-hydrogen) atoms. The lowest BCUT2D eigenvalue weighted by molar-refractivity contribution is -0.124. The number of nitriles is 1. The minimum Gasteiger partial charge on any atom is -0.452 e. The number of hydrogen-bond acceptors (Lipinski definition) is 5. The predicted octanol–water partition coefficient (Wildman–Crippen LogP) is 2.32. The molecule has 2 aromatic rings. The molecule has 2 heterocycles. The molecular weight excluding hydrogens is 310 g/mol. The van der Waals surface area contributed by atoms with Gasteiger partial charge in [0, 0.05) is 18.4 Å². The summed E-state index contributed by atoms with van der Waals surface area (Å²) in [6.07, 6.45) is 4.18. The summed E-state index contributed by atoms with van der Waals surface area (Å²) >= 11 is 0. The van der Waals surface area contributed by atoms with Gasteiger partial charge in [-0.15, -0.1) is 0 Å². The van der Waals surface area contributed by atoms with Crippen LogP contribution in [-0.2, 0) is 9.53 Å². The van der Waals surface area contributed by atoms with Crippen molar-refractivity contribution >= 4 is 11.9 Å². The quantitative estimate of drug-likeness (QED) is 0.820. The molecule has 0 aromatic carbocycles. The van der Waals surface area contributed by atoms with Crippen LogP contribution in [-0.4, -0.2) is 29.1 Å². The Balaban J connectivity index is 2.16. The maximum Gasteiger partial charge on any atom is 0.343 e. The van der Waals surface area contributed by atoms with Gasteiger partial charge in [0.15, 0.2) is 6.61 Å². The molecule has 0 aliphatic heterocycles. The summed E-state index contributed by atoms with van der Waals surface area (Å²) in [6, 6.07) is 5.52. The van der Waals surface area contributed by atoms with Gasteiger partial charge in [-0.1, -0.05) is 6.92 Å². The second-order valence-electron chi connectivity index (χ2n) is 5.37. The van der Waals surface area contributed by atoms with Crippen molar-refractivity contribution in [3.05, 3.63) is 41.4 Å². The van der Waals surface area contributed by atoms with Crippen molar-refractivity contribution in [2.45, 2.75) is 33.2 Å². The number of esters is 1. The number of carbonyl (C=O) groups excluding carboxylic acids is 2. The fourth-order valence-electron chi connectivity index (χ4n) is 2.15. The van der Waals surface area contributed by atoms with E-state index in [1.165, 1.54) is 0 Å². The summed E-state index contributed by atoms with van der Waals surface area (Å²) in [5, 5.41) is 12.1. The highest BCUT2D eigenvalue weighted by molar-refractivity contribution is 5.95. The van der Waals surface area contributed by atoms with E-state index < -0.39 is 12.6 Å². The standard InChI is InChI=1S/C17H19N3O4/c1-4-11(2)19-14(21)10-23-17(22)15-12(3)24-16(13(15)9-18)20-7-5-6-8-20/h5-8,11H,4,10H2,1-3H3,(H,19,21). The molecule has 0 saturated heterocycles. The average molecular weight is 329 g/mol. The third kappa shape index (κ3) is 3.66. The predicted molar refractivity (Wildman–Crippen MR) is 85.7 cm³/mol. The first-order valence-corrected chi connectivity index (χ1v) is 7.61. The van der Waals surface area contributed by atoms with E-state index in [0.717, 1.165) is 6.42 Å². The molecule has 2 aromatic heterocycles. The normalized spacial score (nSPS) is 11.6. The number of aromatic nitrogens is 1. The van der Waals surface area contributed by atoms with Gasteiger partial charge >= 0.3 is 5.97 Å². The van der Waals surface area contributed by atoms with E-state index in [1.807, 2.05) is 19.9 Å². The van der Waals surface area contributed by atoms with Gasteiger partial charge in [0.2, 0.25) is 5.88 Å². The lowest BCUT2D eigenvalue weighted by Crippen LogP contribution is -2.35. The molecule has 1 N–H and O–H groups in total. The molecule has 0 fully saturated rings. The molecule has 0 aliphatic rings. The van der Waals surface area contributed by atoms with Crippen LogP contribution in [0.1, 0.15) is 41.9 Å². The van der Waals surface area contributed by atoms with E-state index >= 15 is 0 Å². The first-order valence-electron chi connectivity index (χ1n) is 7.61. The first kappa shape index (κ1) is 17.3. The number of nitrogens with zero attached hydrogens (tertiary/aromatic N) is 2. The highest BCUT2D eigenvalue weighted by Crippen LogP contribution is 2.26. The van der Waals surface area contributed by atoms with Gasteiger partial charge in [-0.25, -0.2) is 4.79 Å². The summed E-state index contributed by atoms with van der Waals surface area (Å²) < 4.78 is 12.1. The number of carbonyl (C=O) groups is 2. The zero-order valence-corrected chi connectivity index (χ0v) is 13.8. The van der Waals surface area contributed by atoms with Crippen LogP contribution in [0.3, 0.4) is 0 Å².